The molecule has 0 saturated carbocycles. The molecule has 1 aliphatic rings. The lowest BCUT2D eigenvalue weighted by Crippen LogP contribution is -2.61. The van der Waals surface area contributed by atoms with Crippen molar-refractivity contribution in [2.24, 2.45) is 10.8 Å². The molecule has 1 fully saturated rings. The molecule has 1 aromatic rings. The van der Waals surface area contributed by atoms with Crippen LogP contribution in [0.1, 0.15) is 47.1 Å². The number of rotatable bonds is 6. The molecule has 8 nitrogen and oxygen atoms in total. The van der Waals surface area contributed by atoms with Gasteiger partial charge in [0.15, 0.2) is 12.4 Å². The molecule has 2 N–H and O–H groups in total. The number of carbonyl (C=O) groups is 2. The highest BCUT2D eigenvalue weighted by molar-refractivity contribution is 5.76. The highest BCUT2D eigenvalue weighted by atomic mass is 16.7. The molecule has 0 amide bonds. The Bertz CT molecular complexity index is 734. The Hall–Kier alpha value is -2.00. The van der Waals surface area contributed by atoms with Crippen LogP contribution in [0.3, 0.4) is 0 Å². The summed E-state index contributed by atoms with van der Waals surface area (Å²) in [5, 5.41) is 21.4. The van der Waals surface area contributed by atoms with E-state index in [0.717, 1.165) is 5.56 Å². The van der Waals surface area contributed by atoms with Gasteiger partial charge in [-0.3, -0.25) is 9.59 Å². The molecule has 0 aliphatic carbocycles. The van der Waals surface area contributed by atoms with E-state index < -0.39 is 53.5 Å². The number of aliphatic hydroxyl groups is 2. The summed E-state index contributed by atoms with van der Waals surface area (Å²) < 4.78 is 22.1. The first-order valence-electron chi connectivity index (χ1n) is 10.4. The summed E-state index contributed by atoms with van der Waals surface area (Å²) in [6, 6.07) is 9.27. The van der Waals surface area contributed by atoms with Crippen LogP contribution in [-0.2, 0) is 35.1 Å². The normalized spacial score (nSPS) is 26.9. The average molecular weight is 439 g/mol. The van der Waals surface area contributed by atoms with E-state index in [9.17, 15) is 19.8 Å². The van der Waals surface area contributed by atoms with Crippen molar-refractivity contribution in [3.05, 3.63) is 35.9 Å². The summed E-state index contributed by atoms with van der Waals surface area (Å²) in [4.78, 5) is 24.5. The van der Waals surface area contributed by atoms with Gasteiger partial charge in [0.1, 0.15) is 24.9 Å². The Morgan fingerprint density at radius 2 is 1.52 bits per heavy atom. The molecule has 0 aromatic heterocycles. The predicted octanol–water partition coefficient (Wildman–Crippen LogP) is 2.20. The fourth-order valence-corrected chi connectivity index (χ4v) is 2.74. The molecule has 0 bridgehead atoms. The fraction of sp³-hybridized carbons (Fsp3) is 0.652. The number of aliphatic hydroxyl groups excluding tert-OH is 2. The Balaban J connectivity index is 2.16. The zero-order valence-corrected chi connectivity index (χ0v) is 19.0. The van der Waals surface area contributed by atoms with Crippen LogP contribution in [0.5, 0.6) is 0 Å². The Kier molecular flexibility index (Phi) is 8.21. The van der Waals surface area contributed by atoms with Gasteiger partial charge < -0.3 is 29.2 Å². The van der Waals surface area contributed by atoms with Crippen LogP contribution in [0.2, 0.25) is 0 Å². The molecule has 2 rings (SSSR count). The van der Waals surface area contributed by atoms with E-state index >= 15 is 0 Å². The first kappa shape index (κ1) is 25.3. The topological polar surface area (TPSA) is 112 Å². The summed E-state index contributed by atoms with van der Waals surface area (Å²) in [7, 11) is 0. The third kappa shape index (κ3) is 7.00. The van der Waals surface area contributed by atoms with E-state index in [0.29, 0.717) is 0 Å². The van der Waals surface area contributed by atoms with Crippen molar-refractivity contribution >= 4 is 11.9 Å². The molecule has 5 atom stereocenters. The quantitative estimate of drug-likeness (QED) is 0.650. The molecule has 1 aliphatic heterocycles. The number of carbonyl (C=O) groups excluding carboxylic acids is 2. The average Bonchev–Trinajstić information content (AvgIpc) is 2.68. The minimum atomic E-state index is -1.43. The molecule has 0 spiro atoms. The van der Waals surface area contributed by atoms with E-state index in [4.69, 9.17) is 18.9 Å². The summed E-state index contributed by atoms with van der Waals surface area (Å²) in [5.41, 5.74) is -0.726. The van der Waals surface area contributed by atoms with Crippen molar-refractivity contribution in [1.29, 1.82) is 0 Å². The standard InChI is InChI=1S/C23H34O8/c1-22(2,3)20(26)29-13-15-16(24)18(31-21(27)23(4,5)6)17(25)19(30-15)28-12-14-10-8-7-9-11-14/h7-11,15-19,24-25H,12-13H2,1-6H3/t15?,16-,17?,18-,19+/m0/s1. The van der Waals surface area contributed by atoms with Gasteiger partial charge in [-0.2, -0.15) is 0 Å². The first-order valence-corrected chi connectivity index (χ1v) is 10.4. The largest absolute Gasteiger partial charge is 0.462 e. The molecular weight excluding hydrogens is 404 g/mol. The van der Waals surface area contributed by atoms with Crippen molar-refractivity contribution in [2.45, 2.75) is 78.9 Å². The second kappa shape index (κ2) is 10.1. The van der Waals surface area contributed by atoms with Crippen LogP contribution < -0.4 is 0 Å². The van der Waals surface area contributed by atoms with Gasteiger partial charge in [-0.25, -0.2) is 0 Å². The number of esters is 2. The smallest absolute Gasteiger partial charge is 0.311 e. The lowest BCUT2D eigenvalue weighted by Gasteiger charge is -2.42. The van der Waals surface area contributed by atoms with E-state index in [1.54, 1.807) is 41.5 Å². The lowest BCUT2D eigenvalue weighted by atomic mass is 9.95. The highest BCUT2D eigenvalue weighted by Crippen LogP contribution is 2.28. The predicted molar refractivity (Wildman–Crippen MR) is 112 cm³/mol. The summed E-state index contributed by atoms with van der Waals surface area (Å²) >= 11 is 0. The SMILES string of the molecule is CC(C)(C)C(=O)OCC1O[C@@H](OCc2ccccc2)C(O)[C@@H](OC(=O)C(C)(C)C)[C@H]1O. The fourth-order valence-electron chi connectivity index (χ4n) is 2.74. The molecule has 0 radical (unpaired) electrons. The second-order valence-electron chi connectivity index (χ2n) is 9.79. The highest BCUT2D eigenvalue weighted by Gasteiger charge is 2.49. The van der Waals surface area contributed by atoms with Crippen molar-refractivity contribution in [3.8, 4) is 0 Å². The van der Waals surface area contributed by atoms with Crippen LogP contribution in [0, 0.1) is 10.8 Å². The van der Waals surface area contributed by atoms with Gasteiger partial charge in [0.05, 0.1) is 17.4 Å². The van der Waals surface area contributed by atoms with Crippen LogP contribution in [0.25, 0.3) is 0 Å². The molecule has 1 saturated heterocycles. The van der Waals surface area contributed by atoms with Crippen LogP contribution in [-0.4, -0.2) is 59.5 Å². The van der Waals surface area contributed by atoms with Crippen molar-refractivity contribution < 1.29 is 38.7 Å². The van der Waals surface area contributed by atoms with Gasteiger partial charge in [-0.05, 0) is 47.1 Å². The van der Waals surface area contributed by atoms with E-state index in [2.05, 4.69) is 0 Å². The summed E-state index contributed by atoms with van der Waals surface area (Å²) in [6.07, 6.45) is -6.39. The minimum Gasteiger partial charge on any atom is -0.462 e. The van der Waals surface area contributed by atoms with E-state index in [1.165, 1.54) is 0 Å². The van der Waals surface area contributed by atoms with Crippen molar-refractivity contribution in [2.75, 3.05) is 6.61 Å². The van der Waals surface area contributed by atoms with Gasteiger partial charge in [0.25, 0.3) is 0 Å². The minimum absolute atomic E-state index is 0.132. The zero-order chi connectivity index (χ0) is 23.4. The maximum Gasteiger partial charge on any atom is 0.311 e. The van der Waals surface area contributed by atoms with Crippen LogP contribution >= 0.6 is 0 Å². The molecular formula is C23H34O8. The maximum absolute atomic E-state index is 12.4. The third-order valence-electron chi connectivity index (χ3n) is 4.75. The molecule has 31 heavy (non-hydrogen) atoms. The molecule has 1 aromatic carbocycles. The molecule has 1 heterocycles. The maximum atomic E-state index is 12.4. The summed E-state index contributed by atoms with van der Waals surface area (Å²) in [6.45, 7) is 9.97. The Morgan fingerprint density at radius 1 is 0.935 bits per heavy atom. The van der Waals surface area contributed by atoms with Crippen molar-refractivity contribution in [3.63, 3.8) is 0 Å². The zero-order valence-electron chi connectivity index (χ0n) is 19.0. The molecule has 174 valence electrons. The van der Waals surface area contributed by atoms with E-state index in [1.807, 2.05) is 30.3 Å². The molecule has 8 heteroatoms. The Morgan fingerprint density at radius 3 is 2.06 bits per heavy atom. The molecule has 2 unspecified atom stereocenters. The van der Waals surface area contributed by atoms with Crippen LogP contribution in [0.15, 0.2) is 30.3 Å². The first-order chi connectivity index (χ1) is 14.3. The van der Waals surface area contributed by atoms with Crippen LogP contribution in [0.4, 0.5) is 0 Å². The van der Waals surface area contributed by atoms with Gasteiger partial charge >= 0.3 is 11.9 Å². The summed E-state index contributed by atoms with van der Waals surface area (Å²) in [5.74, 6) is -1.07. The van der Waals surface area contributed by atoms with E-state index in [-0.39, 0.29) is 13.2 Å². The monoisotopic (exact) mass is 438 g/mol. The van der Waals surface area contributed by atoms with Gasteiger partial charge in [0.2, 0.25) is 0 Å². The van der Waals surface area contributed by atoms with Gasteiger partial charge in [-0.15, -0.1) is 0 Å². The number of hydrogen-bond acceptors (Lipinski definition) is 8. The number of benzene rings is 1. The van der Waals surface area contributed by atoms with Gasteiger partial charge in [0, 0.05) is 0 Å². The Labute approximate surface area is 183 Å². The van der Waals surface area contributed by atoms with Gasteiger partial charge in [-0.1, -0.05) is 30.3 Å². The van der Waals surface area contributed by atoms with Crippen molar-refractivity contribution in [1.82, 2.24) is 0 Å². The lowest BCUT2D eigenvalue weighted by molar-refractivity contribution is -0.308. The second-order valence-corrected chi connectivity index (χ2v) is 9.79. The number of hydrogen-bond donors (Lipinski definition) is 2. The third-order valence-corrected chi connectivity index (χ3v) is 4.75. The number of ether oxygens (including phenoxy) is 4.